The van der Waals surface area contributed by atoms with Gasteiger partial charge in [0.05, 0.1) is 5.69 Å². The van der Waals surface area contributed by atoms with Gasteiger partial charge in [0, 0.05) is 22.7 Å². The molecule has 8 aromatic rings. The van der Waals surface area contributed by atoms with Gasteiger partial charge < -0.3 is 21.3 Å². The SMILES string of the molecule is C(=Cc1ccc(N(c2nc(Nc3ccccc3)nc(Nc3ccccc3)n2)c2nc(Nc3ccccc3)nc(Nc3ccccc3)n2)cc1)c1ccccc1.[NaH].[NaH]. The van der Waals surface area contributed by atoms with Crippen LogP contribution in [0, 0.1) is 0 Å². The van der Waals surface area contributed by atoms with Gasteiger partial charge in [-0.3, -0.25) is 0 Å². The van der Waals surface area contributed by atoms with Crippen LogP contribution in [-0.2, 0) is 0 Å². The van der Waals surface area contributed by atoms with Crippen molar-refractivity contribution in [3.8, 4) is 0 Å². The Morgan fingerprint density at radius 2 is 0.596 bits per heavy atom. The Kier molecular flexibility index (Phi) is 14.5. The molecule has 0 radical (unpaired) electrons. The average Bonchev–Trinajstić information content (AvgIpc) is 3.22. The molecule has 8 rings (SSSR count). The maximum absolute atomic E-state index is 4.95. The van der Waals surface area contributed by atoms with Gasteiger partial charge in [0.15, 0.2) is 0 Å². The minimum absolute atomic E-state index is 0. The molecular weight excluding hydrogens is 729 g/mol. The molecule has 0 spiro atoms. The summed E-state index contributed by atoms with van der Waals surface area (Å²) in [4.78, 5) is 31.1. The van der Waals surface area contributed by atoms with Crippen molar-refractivity contribution in [1.29, 1.82) is 0 Å². The first kappa shape index (κ1) is 40.7. The average molecular weight is 766 g/mol. The second-order valence-corrected chi connectivity index (χ2v) is 12.2. The summed E-state index contributed by atoms with van der Waals surface area (Å²) in [6, 6.07) is 57.2. The Bertz CT molecular complexity index is 2230. The van der Waals surface area contributed by atoms with E-state index in [9.17, 15) is 0 Å². The summed E-state index contributed by atoms with van der Waals surface area (Å²) >= 11 is 0. The molecule has 2 aromatic heterocycles. The van der Waals surface area contributed by atoms with Crippen LogP contribution >= 0.6 is 0 Å². The molecule has 0 saturated carbocycles. The van der Waals surface area contributed by atoms with E-state index in [4.69, 9.17) is 29.9 Å². The molecule has 0 aliphatic carbocycles. The van der Waals surface area contributed by atoms with Crippen molar-refractivity contribution >= 4 is 135 Å². The van der Waals surface area contributed by atoms with Gasteiger partial charge >= 0.3 is 59.1 Å². The summed E-state index contributed by atoms with van der Waals surface area (Å²) in [7, 11) is 0. The molecule has 270 valence electrons. The van der Waals surface area contributed by atoms with Gasteiger partial charge in [-0.2, -0.15) is 29.9 Å². The van der Waals surface area contributed by atoms with E-state index in [1.165, 1.54) is 0 Å². The Morgan fingerprint density at radius 1 is 0.316 bits per heavy atom. The third-order valence-electron chi connectivity index (χ3n) is 8.19. The van der Waals surface area contributed by atoms with Crippen molar-refractivity contribution in [3.63, 3.8) is 0 Å². The molecule has 0 saturated heterocycles. The zero-order valence-electron chi connectivity index (χ0n) is 29.5. The number of nitrogens with one attached hydrogen (secondary N) is 4. The van der Waals surface area contributed by atoms with Crippen LogP contribution < -0.4 is 26.2 Å². The first-order valence-corrected chi connectivity index (χ1v) is 17.6. The predicted octanol–water partition coefficient (Wildman–Crippen LogP) is 9.37. The van der Waals surface area contributed by atoms with Crippen molar-refractivity contribution in [1.82, 2.24) is 29.9 Å². The molecule has 57 heavy (non-hydrogen) atoms. The van der Waals surface area contributed by atoms with Gasteiger partial charge in [-0.05, 0) is 71.8 Å². The molecule has 6 aromatic carbocycles. The number of para-hydroxylation sites is 4. The molecule has 0 aliphatic heterocycles. The molecular formula is C44H37N11Na2. The van der Waals surface area contributed by atoms with Crippen molar-refractivity contribution in [3.05, 3.63) is 187 Å². The molecule has 4 N–H and O–H groups in total. The van der Waals surface area contributed by atoms with Crippen LogP contribution in [0.4, 0.5) is 64.1 Å². The maximum atomic E-state index is 4.95. The molecule has 0 bridgehead atoms. The Labute approximate surface area is 375 Å². The third kappa shape index (κ3) is 11.3. The van der Waals surface area contributed by atoms with Crippen molar-refractivity contribution in [2.75, 3.05) is 26.2 Å². The second kappa shape index (κ2) is 20.3. The van der Waals surface area contributed by atoms with Crippen LogP contribution in [0.25, 0.3) is 12.2 Å². The molecule has 0 amide bonds. The van der Waals surface area contributed by atoms with Crippen molar-refractivity contribution in [2.24, 2.45) is 0 Å². The molecule has 11 nitrogen and oxygen atoms in total. The normalized spacial score (nSPS) is 10.5. The topological polar surface area (TPSA) is 129 Å². The monoisotopic (exact) mass is 765 g/mol. The standard InChI is InChI=1S/C44H35N11.2Na.2H/c1-6-16-32(17-7-1)26-27-33-28-30-38(31-29-33)55(43-51-39(45-34-18-8-2-9-19-34)49-40(52-43)46-35-20-10-3-11-21-35)44-53-41(47-36-22-12-4-13-23-36)50-42(54-44)48-37-24-14-5-15-25-37;;;;/h1-31H,(H2,45,46,49,51,52)(H2,47,48,50,53,54);;;;. The Hall–Kier alpha value is -5.92. The van der Waals surface area contributed by atoms with E-state index in [0.717, 1.165) is 33.9 Å². The number of aromatic nitrogens is 6. The first-order chi connectivity index (χ1) is 27.2. The van der Waals surface area contributed by atoms with Crippen LogP contribution in [-0.4, -0.2) is 89.0 Å². The van der Waals surface area contributed by atoms with Gasteiger partial charge in [-0.15, -0.1) is 0 Å². The zero-order chi connectivity index (χ0) is 37.1. The van der Waals surface area contributed by atoms with Gasteiger partial charge in [-0.1, -0.05) is 127 Å². The van der Waals surface area contributed by atoms with E-state index < -0.39 is 0 Å². The fourth-order valence-corrected chi connectivity index (χ4v) is 5.57. The molecule has 0 fully saturated rings. The van der Waals surface area contributed by atoms with E-state index >= 15 is 0 Å². The van der Waals surface area contributed by atoms with Crippen LogP contribution in [0.5, 0.6) is 0 Å². The summed E-state index contributed by atoms with van der Waals surface area (Å²) in [5.74, 6) is 1.81. The number of hydrogen-bond donors (Lipinski definition) is 4. The van der Waals surface area contributed by atoms with E-state index in [1.54, 1.807) is 4.90 Å². The first-order valence-electron chi connectivity index (χ1n) is 17.6. The predicted molar refractivity (Wildman–Crippen MR) is 236 cm³/mol. The zero-order valence-corrected chi connectivity index (χ0v) is 29.5. The molecule has 0 unspecified atom stereocenters. The number of nitrogens with zero attached hydrogens (tertiary/aromatic N) is 7. The Balaban J connectivity index is 0.00000275. The quantitative estimate of drug-likeness (QED) is 0.0662. The fourth-order valence-electron chi connectivity index (χ4n) is 5.57. The third-order valence-corrected chi connectivity index (χ3v) is 8.19. The van der Waals surface area contributed by atoms with Crippen LogP contribution in [0.2, 0.25) is 0 Å². The van der Waals surface area contributed by atoms with Gasteiger partial charge in [-0.25, -0.2) is 4.90 Å². The second-order valence-electron chi connectivity index (χ2n) is 12.2. The molecule has 2 heterocycles. The van der Waals surface area contributed by atoms with E-state index in [1.807, 2.05) is 164 Å². The van der Waals surface area contributed by atoms with Gasteiger partial charge in [0.1, 0.15) is 0 Å². The van der Waals surface area contributed by atoms with Gasteiger partial charge in [0.2, 0.25) is 35.7 Å². The van der Waals surface area contributed by atoms with Crippen LogP contribution in [0.1, 0.15) is 11.1 Å². The summed E-state index contributed by atoms with van der Waals surface area (Å²) in [5.41, 5.74) is 6.09. The summed E-state index contributed by atoms with van der Waals surface area (Å²) in [6.45, 7) is 0. The molecule has 0 aliphatic rings. The van der Waals surface area contributed by atoms with Crippen molar-refractivity contribution < 1.29 is 0 Å². The fraction of sp³-hybridized carbons (Fsp3) is 0. The van der Waals surface area contributed by atoms with Crippen LogP contribution in [0.15, 0.2) is 176 Å². The van der Waals surface area contributed by atoms with E-state index in [2.05, 4.69) is 45.6 Å². The van der Waals surface area contributed by atoms with E-state index in [0.29, 0.717) is 29.5 Å². The number of rotatable bonds is 13. The number of hydrogen-bond acceptors (Lipinski definition) is 11. The summed E-state index contributed by atoms with van der Waals surface area (Å²) in [6.07, 6.45) is 4.15. The molecule has 0 atom stereocenters. The number of anilines is 11. The van der Waals surface area contributed by atoms with Crippen molar-refractivity contribution in [2.45, 2.75) is 0 Å². The summed E-state index contributed by atoms with van der Waals surface area (Å²) < 4.78 is 0. The molecule has 13 heteroatoms. The Morgan fingerprint density at radius 3 is 0.912 bits per heavy atom. The summed E-state index contributed by atoms with van der Waals surface area (Å²) in [5, 5.41) is 13.4. The van der Waals surface area contributed by atoms with E-state index in [-0.39, 0.29) is 71.0 Å². The van der Waals surface area contributed by atoms with Crippen LogP contribution in [0.3, 0.4) is 0 Å². The van der Waals surface area contributed by atoms with Gasteiger partial charge in [0.25, 0.3) is 0 Å². The minimum atomic E-state index is 0. The number of benzene rings is 6.